The Labute approximate surface area is 115 Å². The number of nitrogens with two attached hydrogens (primary N) is 1. The molecule has 2 N–H and O–H groups in total. The van der Waals surface area contributed by atoms with Gasteiger partial charge in [0.15, 0.2) is 9.84 Å². The van der Waals surface area contributed by atoms with Gasteiger partial charge in [-0.25, -0.2) is 8.42 Å². The van der Waals surface area contributed by atoms with E-state index in [1.165, 1.54) is 0 Å². The summed E-state index contributed by atoms with van der Waals surface area (Å²) in [5.41, 5.74) is 6.00. The predicted octanol–water partition coefficient (Wildman–Crippen LogP) is 2.75. The molecule has 3 nitrogen and oxygen atoms in total. The van der Waals surface area contributed by atoms with Gasteiger partial charge >= 0.3 is 0 Å². The first-order valence-corrected chi connectivity index (χ1v) is 8.11. The minimum absolute atomic E-state index is 0.0414. The number of sulfone groups is 1. The first-order chi connectivity index (χ1) is 7.86. The minimum atomic E-state index is -3.19. The van der Waals surface area contributed by atoms with Gasteiger partial charge in [-0.2, -0.15) is 0 Å². The van der Waals surface area contributed by atoms with Crippen LogP contribution in [-0.2, 0) is 15.6 Å². The van der Waals surface area contributed by atoms with Crippen LogP contribution in [0.5, 0.6) is 0 Å². The molecular formula is C11H15BrClNO2S. The number of hydrogen-bond donors (Lipinski definition) is 1. The Kier molecular flexibility index (Phi) is 5.44. The van der Waals surface area contributed by atoms with Crippen LogP contribution in [0.4, 0.5) is 0 Å². The second-order valence-electron chi connectivity index (χ2n) is 3.93. The number of rotatable bonds is 5. The molecule has 1 aromatic rings. The van der Waals surface area contributed by atoms with Crippen LogP contribution in [0.3, 0.4) is 0 Å². The van der Waals surface area contributed by atoms with Crippen molar-refractivity contribution < 1.29 is 8.42 Å². The maximum absolute atomic E-state index is 12.0. The molecule has 1 rings (SSSR count). The molecule has 1 unspecified atom stereocenters. The van der Waals surface area contributed by atoms with Gasteiger partial charge in [-0.15, -0.1) is 0 Å². The smallest absolute Gasteiger partial charge is 0.157 e. The lowest BCUT2D eigenvalue weighted by atomic mass is 10.2. The van der Waals surface area contributed by atoms with Crippen molar-refractivity contribution in [2.45, 2.75) is 24.3 Å². The molecule has 1 aromatic carbocycles. The van der Waals surface area contributed by atoms with E-state index in [4.69, 9.17) is 17.3 Å². The van der Waals surface area contributed by atoms with E-state index in [9.17, 15) is 8.42 Å². The van der Waals surface area contributed by atoms with Gasteiger partial charge in [0, 0.05) is 9.50 Å². The fraction of sp³-hybridized carbons (Fsp3) is 0.455. The Bertz CT molecular complexity index is 490. The van der Waals surface area contributed by atoms with Crippen LogP contribution in [0.2, 0.25) is 5.02 Å². The molecule has 0 saturated heterocycles. The zero-order valence-electron chi connectivity index (χ0n) is 9.49. The Balaban J connectivity index is 2.90. The lowest BCUT2D eigenvalue weighted by Gasteiger charge is -2.12. The standard InChI is InChI=1S/C11H15BrClNO2S/c1-8(4-5-14)17(15,16)7-9-2-3-10(12)6-11(9)13/h2-3,6,8H,4-5,7,14H2,1H3. The van der Waals surface area contributed by atoms with Crippen LogP contribution in [-0.4, -0.2) is 20.2 Å². The van der Waals surface area contributed by atoms with Crippen molar-refractivity contribution in [2.75, 3.05) is 6.54 Å². The Hall–Kier alpha value is -0.100. The monoisotopic (exact) mass is 339 g/mol. The van der Waals surface area contributed by atoms with Crippen LogP contribution in [0.25, 0.3) is 0 Å². The van der Waals surface area contributed by atoms with Crippen LogP contribution in [0.1, 0.15) is 18.9 Å². The Morgan fingerprint density at radius 1 is 1.47 bits per heavy atom. The van der Waals surface area contributed by atoms with Crippen molar-refractivity contribution in [3.63, 3.8) is 0 Å². The lowest BCUT2D eigenvalue weighted by Crippen LogP contribution is -2.22. The normalized spacial score (nSPS) is 13.6. The summed E-state index contributed by atoms with van der Waals surface area (Å²) in [6.45, 7) is 2.05. The maximum atomic E-state index is 12.0. The topological polar surface area (TPSA) is 60.2 Å². The molecule has 17 heavy (non-hydrogen) atoms. The van der Waals surface area contributed by atoms with Gasteiger partial charge in [0.05, 0.1) is 11.0 Å². The van der Waals surface area contributed by atoms with Crippen LogP contribution < -0.4 is 5.73 Å². The summed E-state index contributed by atoms with van der Waals surface area (Å²) in [4.78, 5) is 0. The summed E-state index contributed by atoms with van der Waals surface area (Å²) in [5, 5.41) is 0.0233. The summed E-state index contributed by atoms with van der Waals surface area (Å²) in [7, 11) is -3.19. The van der Waals surface area contributed by atoms with Crippen LogP contribution >= 0.6 is 27.5 Å². The summed E-state index contributed by atoms with van der Waals surface area (Å²) >= 11 is 9.28. The first kappa shape index (κ1) is 15.0. The molecule has 0 aromatic heterocycles. The minimum Gasteiger partial charge on any atom is -0.330 e. The van der Waals surface area contributed by atoms with Crippen molar-refractivity contribution in [1.82, 2.24) is 0 Å². The van der Waals surface area contributed by atoms with Crippen molar-refractivity contribution in [2.24, 2.45) is 5.73 Å². The Morgan fingerprint density at radius 3 is 2.65 bits per heavy atom. The highest BCUT2D eigenvalue weighted by Gasteiger charge is 2.21. The first-order valence-electron chi connectivity index (χ1n) is 5.22. The van der Waals surface area contributed by atoms with E-state index in [0.717, 1.165) is 4.47 Å². The second-order valence-corrected chi connectivity index (χ2v) is 7.67. The number of halogens is 2. The molecule has 0 spiro atoms. The van der Waals surface area contributed by atoms with Crippen molar-refractivity contribution in [1.29, 1.82) is 0 Å². The average Bonchev–Trinajstić information content (AvgIpc) is 2.22. The predicted molar refractivity (Wildman–Crippen MR) is 74.9 cm³/mol. The molecule has 0 aliphatic carbocycles. The van der Waals surface area contributed by atoms with E-state index in [1.54, 1.807) is 25.1 Å². The highest BCUT2D eigenvalue weighted by molar-refractivity contribution is 9.10. The zero-order chi connectivity index (χ0) is 13.1. The fourth-order valence-electron chi connectivity index (χ4n) is 1.41. The van der Waals surface area contributed by atoms with Gasteiger partial charge in [0.2, 0.25) is 0 Å². The van der Waals surface area contributed by atoms with Crippen molar-refractivity contribution in [3.05, 3.63) is 33.3 Å². The second kappa shape index (κ2) is 6.18. The molecule has 96 valence electrons. The van der Waals surface area contributed by atoms with E-state index >= 15 is 0 Å². The maximum Gasteiger partial charge on any atom is 0.157 e. The third kappa shape index (κ3) is 4.25. The molecule has 0 aliphatic rings. The zero-order valence-corrected chi connectivity index (χ0v) is 12.6. The number of benzene rings is 1. The van der Waals surface area contributed by atoms with Crippen molar-refractivity contribution in [3.8, 4) is 0 Å². The molecule has 0 amide bonds. The highest BCUT2D eigenvalue weighted by Crippen LogP contribution is 2.24. The molecule has 0 radical (unpaired) electrons. The fourth-order valence-corrected chi connectivity index (χ4v) is 3.70. The summed E-state index contributed by atoms with van der Waals surface area (Å²) < 4.78 is 24.8. The molecular weight excluding hydrogens is 326 g/mol. The van der Waals surface area contributed by atoms with E-state index in [2.05, 4.69) is 15.9 Å². The molecule has 0 fully saturated rings. The van der Waals surface area contributed by atoms with Gasteiger partial charge in [-0.3, -0.25) is 0 Å². The average molecular weight is 341 g/mol. The largest absolute Gasteiger partial charge is 0.330 e. The molecule has 0 bridgehead atoms. The molecule has 0 heterocycles. The van der Waals surface area contributed by atoms with E-state index in [0.29, 0.717) is 23.6 Å². The molecule has 0 aliphatic heterocycles. The van der Waals surface area contributed by atoms with Gasteiger partial charge in [0.1, 0.15) is 0 Å². The van der Waals surface area contributed by atoms with E-state index in [-0.39, 0.29) is 5.75 Å². The lowest BCUT2D eigenvalue weighted by molar-refractivity contribution is 0.577. The SMILES string of the molecule is CC(CCN)S(=O)(=O)Cc1ccc(Br)cc1Cl. The van der Waals surface area contributed by atoms with Crippen LogP contribution in [0, 0.1) is 0 Å². The summed E-state index contributed by atoms with van der Waals surface area (Å²) in [6.07, 6.45) is 0.469. The third-order valence-corrected chi connectivity index (χ3v) is 5.58. The molecule has 0 saturated carbocycles. The van der Waals surface area contributed by atoms with E-state index < -0.39 is 15.1 Å². The van der Waals surface area contributed by atoms with Crippen LogP contribution in [0.15, 0.2) is 22.7 Å². The van der Waals surface area contributed by atoms with Gasteiger partial charge in [-0.1, -0.05) is 33.6 Å². The quantitative estimate of drug-likeness (QED) is 0.896. The van der Waals surface area contributed by atoms with Crippen molar-refractivity contribution >= 4 is 37.4 Å². The summed E-state index contributed by atoms with van der Waals surface area (Å²) in [5.74, 6) is -0.0414. The third-order valence-electron chi connectivity index (χ3n) is 2.56. The summed E-state index contributed by atoms with van der Waals surface area (Å²) in [6, 6.07) is 5.20. The van der Waals surface area contributed by atoms with Gasteiger partial charge < -0.3 is 5.73 Å². The molecule has 6 heteroatoms. The van der Waals surface area contributed by atoms with Gasteiger partial charge in [-0.05, 0) is 37.6 Å². The van der Waals surface area contributed by atoms with Gasteiger partial charge in [0.25, 0.3) is 0 Å². The number of hydrogen-bond acceptors (Lipinski definition) is 3. The van der Waals surface area contributed by atoms with E-state index in [1.807, 2.05) is 0 Å². The molecule has 1 atom stereocenters. The Morgan fingerprint density at radius 2 is 2.12 bits per heavy atom. The highest BCUT2D eigenvalue weighted by atomic mass is 79.9.